The molecule has 0 atom stereocenters. The van der Waals surface area contributed by atoms with E-state index in [0.29, 0.717) is 9.96 Å². The average molecular weight is 219 g/mol. The summed E-state index contributed by atoms with van der Waals surface area (Å²) in [6, 6.07) is 0. The van der Waals surface area contributed by atoms with Gasteiger partial charge in [-0.25, -0.2) is 0 Å². The molecule has 13 heavy (non-hydrogen) atoms. The minimum atomic E-state index is -0.236. The highest BCUT2D eigenvalue weighted by Crippen LogP contribution is 2.04. The Morgan fingerprint density at radius 2 is 2.15 bits per heavy atom. The topological polar surface area (TPSA) is 38.3 Å². The van der Waals surface area contributed by atoms with Gasteiger partial charge in [0.1, 0.15) is 0 Å². The van der Waals surface area contributed by atoms with Gasteiger partial charge in [-0.05, 0) is 33.0 Å². The SMILES string of the molecule is C=C(C)C(=O)NSC(=S)OC(C)C. The third kappa shape index (κ3) is 6.60. The van der Waals surface area contributed by atoms with Crippen LogP contribution in [0.3, 0.4) is 0 Å². The van der Waals surface area contributed by atoms with Gasteiger partial charge in [0.05, 0.1) is 6.10 Å². The van der Waals surface area contributed by atoms with Gasteiger partial charge in [-0.2, -0.15) is 0 Å². The zero-order valence-corrected chi connectivity index (χ0v) is 9.55. The molecular weight excluding hydrogens is 206 g/mol. The number of hydrogen-bond donors (Lipinski definition) is 1. The predicted molar refractivity (Wildman–Crippen MR) is 59.4 cm³/mol. The van der Waals surface area contributed by atoms with Gasteiger partial charge >= 0.3 is 0 Å². The Morgan fingerprint density at radius 3 is 2.54 bits per heavy atom. The fourth-order valence-electron chi connectivity index (χ4n) is 0.392. The van der Waals surface area contributed by atoms with Crippen molar-refractivity contribution in [2.24, 2.45) is 0 Å². The highest BCUT2D eigenvalue weighted by Gasteiger charge is 2.05. The largest absolute Gasteiger partial charge is 0.475 e. The molecule has 0 aromatic rings. The van der Waals surface area contributed by atoms with Gasteiger partial charge in [0.2, 0.25) is 4.38 Å². The first-order chi connectivity index (χ1) is 5.93. The highest BCUT2D eigenvalue weighted by molar-refractivity contribution is 8.21. The molecule has 0 aliphatic rings. The van der Waals surface area contributed by atoms with Gasteiger partial charge in [0.15, 0.2) is 0 Å². The van der Waals surface area contributed by atoms with Crippen LogP contribution in [0, 0.1) is 0 Å². The molecule has 0 saturated heterocycles. The second kappa shape index (κ2) is 5.99. The summed E-state index contributed by atoms with van der Waals surface area (Å²) in [6.45, 7) is 8.85. The first kappa shape index (κ1) is 12.4. The quantitative estimate of drug-likeness (QED) is 0.438. The molecule has 0 aliphatic carbocycles. The summed E-state index contributed by atoms with van der Waals surface area (Å²) in [5.74, 6) is -0.236. The summed E-state index contributed by atoms with van der Waals surface area (Å²) >= 11 is 5.82. The maximum atomic E-state index is 11.0. The third-order valence-electron chi connectivity index (χ3n) is 0.947. The molecule has 0 aliphatic heterocycles. The molecule has 1 amide bonds. The van der Waals surface area contributed by atoms with Crippen LogP contribution >= 0.6 is 24.2 Å². The number of nitrogens with one attached hydrogen (secondary N) is 1. The normalized spacial score (nSPS) is 9.54. The minimum Gasteiger partial charge on any atom is -0.475 e. The summed E-state index contributed by atoms with van der Waals surface area (Å²) in [5, 5.41) is 0. The van der Waals surface area contributed by atoms with E-state index in [2.05, 4.69) is 11.3 Å². The molecule has 0 fully saturated rings. The van der Waals surface area contributed by atoms with Crippen LogP contribution in [-0.2, 0) is 9.53 Å². The van der Waals surface area contributed by atoms with Crippen molar-refractivity contribution in [1.82, 2.24) is 4.72 Å². The standard InChI is InChI=1S/C8H13NO2S2/c1-5(2)7(10)9-13-8(12)11-6(3)4/h6H,1H2,2-4H3,(H,9,10). The van der Waals surface area contributed by atoms with E-state index >= 15 is 0 Å². The lowest BCUT2D eigenvalue weighted by molar-refractivity contribution is -0.115. The van der Waals surface area contributed by atoms with E-state index in [9.17, 15) is 4.79 Å². The van der Waals surface area contributed by atoms with Gasteiger partial charge in [-0.1, -0.05) is 6.58 Å². The summed E-state index contributed by atoms with van der Waals surface area (Å²) in [6.07, 6.45) is 0.0294. The molecule has 5 heteroatoms. The summed E-state index contributed by atoms with van der Waals surface area (Å²) in [4.78, 5) is 11.0. The fourth-order valence-corrected chi connectivity index (χ4v) is 1.30. The lowest BCUT2D eigenvalue weighted by atomic mass is 10.3. The Morgan fingerprint density at radius 1 is 1.62 bits per heavy atom. The highest BCUT2D eigenvalue weighted by atomic mass is 32.2. The van der Waals surface area contributed by atoms with E-state index in [4.69, 9.17) is 17.0 Å². The summed E-state index contributed by atoms with van der Waals surface area (Å²) in [7, 11) is 0. The molecule has 3 nitrogen and oxygen atoms in total. The fraction of sp³-hybridized carbons (Fsp3) is 0.500. The van der Waals surface area contributed by atoms with Crippen LogP contribution in [0.4, 0.5) is 0 Å². The zero-order chi connectivity index (χ0) is 10.4. The van der Waals surface area contributed by atoms with E-state index in [0.717, 1.165) is 11.9 Å². The lowest BCUT2D eigenvalue weighted by Crippen LogP contribution is -2.19. The average Bonchev–Trinajstić information content (AvgIpc) is 1.98. The number of hydrogen-bond acceptors (Lipinski definition) is 4. The Bertz CT molecular complexity index is 226. The first-order valence-electron chi connectivity index (χ1n) is 3.76. The number of ether oxygens (including phenoxy) is 1. The van der Waals surface area contributed by atoms with Crippen LogP contribution in [0.1, 0.15) is 20.8 Å². The summed E-state index contributed by atoms with van der Waals surface area (Å²) in [5.41, 5.74) is 0.444. The van der Waals surface area contributed by atoms with Gasteiger partial charge in [-0.3, -0.25) is 9.52 Å². The molecule has 0 spiro atoms. The smallest absolute Gasteiger partial charge is 0.256 e. The molecule has 1 N–H and O–H groups in total. The van der Waals surface area contributed by atoms with Crippen LogP contribution in [0.5, 0.6) is 0 Å². The molecule has 74 valence electrons. The van der Waals surface area contributed by atoms with Crippen molar-refractivity contribution in [3.05, 3.63) is 12.2 Å². The molecule has 0 aromatic heterocycles. The molecule has 0 aromatic carbocycles. The van der Waals surface area contributed by atoms with Crippen LogP contribution < -0.4 is 4.72 Å². The zero-order valence-electron chi connectivity index (χ0n) is 7.92. The molecule has 0 radical (unpaired) electrons. The number of amides is 1. The molecule has 0 heterocycles. The van der Waals surface area contributed by atoms with Crippen LogP contribution in [0.2, 0.25) is 0 Å². The maximum absolute atomic E-state index is 11.0. The van der Waals surface area contributed by atoms with E-state index in [1.165, 1.54) is 0 Å². The number of rotatable bonds is 2. The van der Waals surface area contributed by atoms with Crippen molar-refractivity contribution >= 4 is 34.5 Å². The Labute approximate surface area is 88.0 Å². The Kier molecular flexibility index (Phi) is 5.73. The molecular formula is C8H13NO2S2. The lowest BCUT2D eigenvalue weighted by Gasteiger charge is -2.09. The first-order valence-corrected chi connectivity index (χ1v) is 4.99. The van der Waals surface area contributed by atoms with E-state index in [1.807, 2.05) is 13.8 Å². The van der Waals surface area contributed by atoms with Crippen molar-refractivity contribution in [2.75, 3.05) is 0 Å². The van der Waals surface area contributed by atoms with Crippen molar-refractivity contribution in [3.63, 3.8) is 0 Å². The third-order valence-corrected chi connectivity index (χ3v) is 1.84. The van der Waals surface area contributed by atoms with Crippen molar-refractivity contribution < 1.29 is 9.53 Å². The van der Waals surface area contributed by atoms with Gasteiger partial charge < -0.3 is 4.74 Å². The van der Waals surface area contributed by atoms with E-state index in [1.54, 1.807) is 6.92 Å². The second-order valence-corrected chi connectivity index (χ2v) is 4.14. The van der Waals surface area contributed by atoms with Gasteiger partial charge in [0.25, 0.3) is 5.91 Å². The summed E-state index contributed by atoms with van der Waals surface area (Å²) < 4.78 is 7.94. The predicted octanol–water partition coefficient (Wildman–Crippen LogP) is 2.04. The minimum absolute atomic E-state index is 0.0294. The molecule has 0 bridgehead atoms. The van der Waals surface area contributed by atoms with Crippen LogP contribution in [-0.4, -0.2) is 16.4 Å². The maximum Gasteiger partial charge on any atom is 0.256 e. The second-order valence-electron chi connectivity index (χ2n) is 2.73. The van der Waals surface area contributed by atoms with E-state index in [-0.39, 0.29) is 12.0 Å². The van der Waals surface area contributed by atoms with Crippen LogP contribution in [0.15, 0.2) is 12.2 Å². The number of thiocarbonyl (C=S) groups is 1. The van der Waals surface area contributed by atoms with E-state index < -0.39 is 0 Å². The Balaban J connectivity index is 3.71. The van der Waals surface area contributed by atoms with Crippen molar-refractivity contribution in [3.8, 4) is 0 Å². The monoisotopic (exact) mass is 219 g/mol. The Hall–Kier alpha value is -0.550. The number of carbonyl (C=O) groups is 1. The van der Waals surface area contributed by atoms with Crippen molar-refractivity contribution in [2.45, 2.75) is 26.9 Å². The van der Waals surface area contributed by atoms with Crippen LogP contribution in [0.25, 0.3) is 0 Å². The number of carbonyl (C=O) groups excluding carboxylic acids is 1. The molecule has 0 saturated carbocycles. The molecule has 0 rings (SSSR count). The molecule has 0 unspecified atom stereocenters. The van der Waals surface area contributed by atoms with Crippen molar-refractivity contribution in [1.29, 1.82) is 0 Å². The van der Waals surface area contributed by atoms with Gasteiger partial charge in [0, 0.05) is 17.5 Å². The van der Waals surface area contributed by atoms with Gasteiger partial charge in [-0.15, -0.1) is 0 Å².